The molecule has 0 bridgehead atoms. The molecule has 0 aliphatic carbocycles. The Bertz CT molecular complexity index is 916. The summed E-state index contributed by atoms with van der Waals surface area (Å²) in [6, 6.07) is 12.0. The Balaban J connectivity index is 1.95. The summed E-state index contributed by atoms with van der Waals surface area (Å²) >= 11 is 4.96. The van der Waals surface area contributed by atoms with E-state index in [0.29, 0.717) is 11.3 Å². The Labute approximate surface area is 166 Å². The average Bonchev–Trinajstić information content (AvgIpc) is 2.65. The molecule has 0 saturated heterocycles. The number of ether oxygens (including phenoxy) is 1. The molecule has 2 aromatic carbocycles. The molecule has 28 heavy (non-hydrogen) atoms. The van der Waals surface area contributed by atoms with Crippen molar-refractivity contribution in [3.8, 4) is 5.75 Å². The number of rotatable bonds is 5. The lowest BCUT2D eigenvalue weighted by Gasteiger charge is -2.12. The van der Waals surface area contributed by atoms with Crippen LogP contribution < -0.4 is 20.9 Å². The highest BCUT2D eigenvalue weighted by molar-refractivity contribution is 7.80. The number of benzene rings is 2. The van der Waals surface area contributed by atoms with Gasteiger partial charge in [0.1, 0.15) is 11.3 Å². The SMILES string of the molecule is CC(C)Oc1cccc(C(=O)NC(=S)NNC(=O)c2ccccc2[N+](=O)[O-])c1. The first-order chi connectivity index (χ1) is 13.3. The summed E-state index contributed by atoms with van der Waals surface area (Å²) in [5.74, 6) is -0.742. The molecule has 10 heteroatoms. The fourth-order valence-corrected chi connectivity index (χ4v) is 2.34. The fraction of sp³-hybridized carbons (Fsp3) is 0.167. The Morgan fingerprint density at radius 1 is 1.07 bits per heavy atom. The summed E-state index contributed by atoms with van der Waals surface area (Å²) in [5, 5.41) is 13.2. The third-order valence-corrected chi connectivity index (χ3v) is 3.53. The molecule has 146 valence electrons. The molecular weight excluding hydrogens is 384 g/mol. The van der Waals surface area contributed by atoms with E-state index in [4.69, 9.17) is 17.0 Å². The average molecular weight is 402 g/mol. The highest BCUT2D eigenvalue weighted by atomic mass is 32.1. The number of nitro groups is 1. The zero-order chi connectivity index (χ0) is 20.7. The molecule has 0 saturated carbocycles. The van der Waals surface area contributed by atoms with Crippen molar-refractivity contribution in [3.05, 3.63) is 69.8 Å². The minimum absolute atomic E-state index is 0.0432. The molecule has 2 amide bonds. The van der Waals surface area contributed by atoms with Crippen LogP contribution in [0.2, 0.25) is 0 Å². The topological polar surface area (TPSA) is 123 Å². The molecule has 9 nitrogen and oxygen atoms in total. The maximum atomic E-state index is 12.3. The van der Waals surface area contributed by atoms with Crippen molar-refractivity contribution in [2.75, 3.05) is 0 Å². The Kier molecular flexibility index (Phi) is 6.99. The van der Waals surface area contributed by atoms with Crippen molar-refractivity contribution in [2.45, 2.75) is 20.0 Å². The molecule has 0 aromatic heterocycles. The van der Waals surface area contributed by atoms with Crippen molar-refractivity contribution < 1.29 is 19.2 Å². The van der Waals surface area contributed by atoms with Crippen LogP contribution in [0.3, 0.4) is 0 Å². The van der Waals surface area contributed by atoms with Crippen molar-refractivity contribution in [2.24, 2.45) is 0 Å². The number of nitrogens with zero attached hydrogens (tertiary/aromatic N) is 1. The zero-order valence-corrected chi connectivity index (χ0v) is 15.9. The number of hydrogen-bond donors (Lipinski definition) is 3. The van der Waals surface area contributed by atoms with Crippen LogP contribution in [0.15, 0.2) is 48.5 Å². The van der Waals surface area contributed by atoms with Crippen LogP contribution in [0.1, 0.15) is 34.6 Å². The van der Waals surface area contributed by atoms with Gasteiger partial charge in [-0.1, -0.05) is 18.2 Å². The lowest BCUT2D eigenvalue weighted by atomic mass is 10.2. The van der Waals surface area contributed by atoms with E-state index in [1.54, 1.807) is 24.3 Å². The molecule has 0 heterocycles. The predicted molar refractivity (Wildman–Crippen MR) is 106 cm³/mol. The van der Waals surface area contributed by atoms with Crippen molar-refractivity contribution in [1.82, 2.24) is 16.2 Å². The second kappa shape index (κ2) is 9.42. The van der Waals surface area contributed by atoms with Gasteiger partial charge in [-0.2, -0.15) is 0 Å². The third-order valence-electron chi connectivity index (χ3n) is 3.33. The number of nitro benzene ring substituents is 1. The van der Waals surface area contributed by atoms with Gasteiger partial charge in [0.2, 0.25) is 0 Å². The molecule has 0 atom stereocenters. The number of hydrazine groups is 1. The summed E-state index contributed by atoms with van der Waals surface area (Å²) in [7, 11) is 0. The number of hydrogen-bond acceptors (Lipinski definition) is 6. The quantitative estimate of drug-likeness (QED) is 0.398. The predicted octanol–water partition coefficient (Wildman–Crippen LogP) is 2.33. The van der Waals surface area contributed by atoms with E-state index in [2.05, 4.69) is 16.2 Å². The van der Waals surface area contributed by atoms with Gasteiger partial charge >= 0.3 is 0 Å². The maximum Gasteiger partial charge on any atom is 0.282 e. The highest BCUT2D eigenvalue weighted by Crippen LogP contribution is 2.17. The first-order valence-electron chi connectivity index (χ1n) is 8.19. The summed E-state index contributed by atoms with van der Waals surface area (Å²) < 4.78 is 5.53. The van der Waals surface area contributed by atoms with Crippen molar-refractivity contribution in [1.29, 1.82) is 0 Å². The minimum Gasteiger partial charge on any atom is -0.491 e. The smallest absolute Gasteiger partial charge is 0.282 e. The van der Waals surface area contributed by atoms with Crippen molar-refractivity contribution >= 4 is 34.8 Å². The zero-order valence-electron chi connectivity index (χ0n) is 15.1. The van der Waals surface area contributed by atoms with Gasteiger partial charge in [-0.25, -0.2) is 0 Å². The molecule has 3 N–H and O–H groups in total. The maximum absolute atomic E-state index is 12.3. The van der Waals surface area contributed by atoms with Crippen LogP contribution in [0.25, 0.3) is 0 Å². The number of thiocarbonyl (C=S) groups is 1. The van der Waals surface area contributed by atoms with Gasteiger partial charge in [-0.15, -0.1) is 0 Å². The molecule has 2 rings (SSSR count). The van der Waals surface area contributed by atoms with Gasteiger partial charge in [-0.3, -0.25) is 35.9 Å². The molecular formula is C18H18N4O5S. The van der Waals surface area contributed by atoms with Gasteiger partial charge in [0.05, 0.1) is 11.0 Å². The number of amides is 2. The van der Waals surface area contributed by atoms with Gasteiger partial charge in [-0.05, 0) is 50.3 Å². The molecule has 0 unspecified atom stereocenters. The number of carbonyl (C=O) groups is 2. The summed E-state index contributed by atoms with van der Waals surface area (Å²) in [6.45, 7) is 3.73. The molecule has 0 aliphatic heterocycles. The van der Waals surface area contributed by atoms with Crippen LogP contribution in [0, 0.1) is 10.1 Å². The Morgan fingerprint density at radius 2 is 1.79 bits per heavy atom. The first-order valence-corrected chi connectivity index (χ1v) is 8.60. The van der Waals surface area contributed by atoms with E-state index in [1.807, 2.05) is 13.8 Å². The van der Waals surface area contributed by atoms with Gasteiger partial charge < -0.3 is 4.74 Å². The molecule has 0 aliphatic rings. The van der Waals surface area contributed by atoms with E-state index in [-0.39, 0.29) is 22.5 Å². The molecule has 0 fully saturated rings. The van der Waals surface area contributed by atoms with Gasteiger partial charge in [0, 0.05) is 11.6 Å². The Hall–Kier alpha value is -3.53. The largest absolute Gasteiger partial charge is 0.491 e. The normalized spacial score (nSPS) is 10.1. The fourth-order valence-electron chi connectivity index (χ4n) is 2.20. The first kappa shape index (κ1) is 20.8. The van der Waals surface area contributed by atoms with Crippen LogP contribution in [-0.2, 0) is 0 Å². The lowest BCUT2D eigenvalue weighted by molar-refractivity contribution is -0.385. The van der Waals surface area contributed by atoms with Crippen LogP contribution >= 0.6 is 12.2 Å². The van der Waals surface area contributed by atoms with E-state index >= 15 is 0 Å². The second-order valence-corrected chi connectivity index (χ2v) is 6.24. The second-order valence-electron chi connectivity index (χ2n) is 5.83. The van der Waals surface area contributed by atoms with E-state index in [1.165, 1.54) is 24.3 Å². The summed E-state index contributed by atoms with van der Waals surface area (Å²) in [4.78, 5) is 34.7. The van der Waals surface area contributed by atoms with Gasteiger partial charge in [0.15, 0.2) is 5.11 Å². The Morgan fingerprint density at radius 3 is 2.46 bits per heavy atom. The summed E-state index contributed by atoms with van der Waals surface area (Å²) in [5.41, 5.74) is 4.37. The monoisotopic (exact) mass is 402 g/mol. The number of nitrogens with one attached hydrogen (secondary N) is 3. The molecule has 2 aromatic rings. The standard InChI is InChI=1S/C18H18N4O5S/c1-11(2)27-13-7-5-6-12(10-13)16(23)19-18(28)21-20-17(24)14-8-3-4-9-15(14)22(25)26/h3-11H,1-2H3,(H,20,24)(H2,19,21,23,28). The summed E-state index contributed by atoms with van der Waals surface area (Å²) in [6.07, 6.45) is -0.0432. The number of carbonyl (C=O) groups excluding carboxylic acids is 2. The van der Waals surface area contributed by atoms with Gasteiger partial charge in [0.25, 0.3) is 17.5 Å². The lowest BCUT2D eigenvalue weighted by Crippen LogP contribution is -2.48. The van der Waals surface area contributed by atoms with Crippen LogP contribution in [0.5, 0.6) is 5.75 Å². The highest BCUT2D eigenvalue weighted by Gasteiger charge is 2.19. The third kappa shape index (κ3) is 5.74. The molecule has 0 spiro atoms. The van der Waals surface area contributed by atoms with Crippen LogP contribution in [0.4, 0.5) is 5.69 Å². The van der Waals surface area contributed by atoms with E-state index in [0.717, 1.165) is 0 Å². The molecule has 0 radical (unpaired) electrons. The van der Waals surface area contributed by atoms with E-state index < -0.39 is 16.7 Å². The number of para-hydroxylation sites is 1. The van der Waals surface area contributed by atoms with Crippen molar-refractivity contribution in [3.63, 3.8) is 0 Å². The minimum atomic E-state index is -0.767. The van der Waals surface area contributed by atoms with E-state index in [9.17, 15) is 19.7 Å². The van der Waals surface area contributed by atoms with Crippen LogP contribution in [-0.4, -0.2) is 28.0 Å².